The highest BCUT2D eigenvalue weighted by atomic mass is 16.8. The Kier molecular flexibility index (Phi) is 7.20. The summed E-state index contributed by atoms with van der Waals surface area (Å²) in [6, 6.07) is -1.50. The van der Waals surface area contributed by atoms with Gasteiger partial charge in [-0.3, -0.25) is 14.9 Å². The second-order valence-electron chi connectivity index (χ2n) is 7.61. The lowest BCUT2D eigenvalue weighted by atomic mass is 9.96. The summed E-state index contributed by atoms with van der Waals surface area (Å²) in [6.45, 7) is 9.10. The van der Waals surface area contributed by atoms with Crippen LogP contribution in [0.1, 0.15) is 41.0 Å². The molecule has 0 spiro atoms. The van der Waals surface area contributed by atoms with Gasteiger partial charge in [-0.05, 0) is 26.7 Å². The van der Waals surface area contributed by atoms with Gasteiger partial charge in [0.1, 0.15) is 24.4 Å². The molecule has 6 atom stereocenters. The van der Waals surface area contributed by atoms with Crippen LogP contribution in [0.25, 0.3) is 0 Å². The highest BCUT2D eigenvalue weighted by Gasteiger charge is 2.57. The molecule has 2 saturated heterocycles. The molecule has 0 aromatic heterocycles. The van der Waals surface area contributed by atoms with E-state index in [1.165, 1.54) is 7.11 Å². The van der Waals surface area contributed by atoms with E-state index in [4.69, 9.17) is 23.7 Å². The van der Waals surface area contributed by atoms with Gasteiger partial charge in [-0.15, -0.1) is 0 Å². The Labute approximate surface area is 159 Å². The summed E-state index contributed by atoms with van der Waals surface area (Å²) in [7, 11) is 1.52. The Morgan fingerprint density at radius 3 is 2.44 bits per heavy atom. The molecule has 9 nitrogen and oxygen atoms in total. The van der Waals surface area contributed by atoms with E-state index in [9.17, 15) is 14.7 Å². The van der Waals surface area contributed by atoms with E-state index in [0.29, 0.717) is 0 Å². The third kappa shape index (κ3) is 5.17. The van der Waals surface area contributed by atoms with E-state index in [0.717, 1.165) is 0 Å². The fourth-order valence-electron chi connectivity index (χ4n) is 3.55. The first-order chi connectivity index (χ1) is 12.6. The number of carboxylic acid groups (broad SMARTS) is 1. The summed E-state index contributed by atoms with van der Waals surface area (Å²) >= 11 is 0. The Hall–Kier alpha value is -1.26. The SMILES string of the molecule is CCOC(=O)CC(N[C@H](C(=O)O)C(C)C)[C@H]1O[C@@H]2OC(C)(C)O[C@@H]2[C@H]1OC. The maximum absolute atomic E-state index is 12.1. The summed E-state index contributed by atoms with van der Waals surface area (Å²) in [5.41, 5.74) is 0. The number of hydrogen-bond donors (Lipinski definition) is 2. The van der Waals surface area contributed by atoms with Crippen molar-refractivity contribution in [3.63, 3.8) is 0 Å². The second-order valence-corrected chi connectivity index (χ2v) is 7.61. The Bertz CT molecular complexity index is 537. The number of carbonyl (C=O) groups is 2. The first-order valence-electron chi connectivity index (χ1n) is 9.28. The molecule has 1 unspecified atom stereocenters. The Balaban J connectivity index is 2.21. The number of hydrogen-bond acceptors (Lipinski definition) is 8. The molecule has 0 radical (unpaired) electrons. The van der Waals surface area contributed by atoms with Crippen LogP contribution in [-0.4, -0.2) is 73.2 Å². The number of fused-ring (bicyclic) bond motifs is 1. The minimum Gasteiger partial charge on any atom is -0.480 e. The molecule has 2 rings (SSSR count). The van der Waals surface area contributed by atoms with Crippen molar-refractivity contribution in [1.29, 1.82) is 0 Å². The largest absolute Gasteiger partial charge is 0.480 e. The van der Waals surface area contributed by atoms with Crippen LogP contribution in [0, 0.1) is 5.92 Å². The van der Waals surface area contributed by atoms with Gasteiger partial charge >= 0.3 is 11.9 Å². The highest BCUT2D eigenvalue weighted by Crippen LogP contribution is 2.40. The molecular formula is C18H31NO8. The van der Waals surface area contributed by atoms with Gasteiger partial charge < -0.3 is 28.8 Å². The maximum atomic E-state index is 12.1. The molecule has 0 aromatic rings. The molecule has 0 aliphatic carbocycles. The summed E-state index contributed by atoms with van der Waals surface area (Å²) in [4.78, 5) is 23.7. The number of rotatable bonds is 9. The maximum Gasteiger partial charge on any atom is 0.320 e. The third-order valence-electron chi connectivity index (χ3n) is 4.71. The number of carboxylic acids is 1. The smallest absolute Gasteiger partial charge is 0.320 e. The van der Waals surface area contributed by atoms with E-state index in [-0.39, 0.29) is 18.9 Å². The van der Waals surface area contributed by atoms with Gasteiger partial charge in [0.2, 0.25) is 0 Å². The quantitative estimate of drug-likeness (QED) is 0.555. The van der Waals surface area contributed by atoms with Crippen LogP contribution in [-0.2, 0) is 33.3 Å². The molecule has 2 heterocycles. The molecule has 9 heteroatoms. The van der Waals surface area contributed by atoms with E-state index in [1.807, 2.05) is 0 Å². The fraction of sp³-hybridized carbons (Fsp3) is 0.889. The van der Waals surface area contributed by atoms with Gasteiger partial charge in [0.05, 0.1) is 13.0 Å². The monoisotopic (exact) mass is 389 g/mol. The second kappa shape index (κ2) is 8.83. The minimum atomic E-state index is -1.00. The number of nitrogens with one attached hydrogen (secondary N) is 1. The fourth-order valence-corrected chi connectivity index (χ4v) is 3.55. The normalized spacial score (nSPS) is 31.5. The Morgan fingerprint density at radius 2 is 1.93 bits per heavy atom. The van der Waals surface area contributed by atoms with Crippen LogP contribution < -0.4 is 5.32 Å². The molecule has 0 saturated carbocycles. The van der Waals surface area contributed by atoms with Gasteiger partial charge in [0.15, 0.2) is 12.1 Å². The van der Waals surface area contributed by atoms with Gasteiger partial charge in [-0.2, -0.15) is 0 Å². The van der Waals surface area contributed by atoms with Crippen molar-refractivity contribution in [2.75, 3.05) is 13.7 Å². The lowest BCUT2D eigenvalue weighted by molar-refractivity contribution is -0.220. The van der Waals surface area contributed by atoms with Crippen LogP contribution >= 0.6 is 0 Å². The minimum absolute atomic E-state index is 0.0578. The number of esters is 1. The zero-order valence-electron chi connectivity index (χ0n) is 16.8. The van der Waals surface area contributed by atoms with Gasteiger partial charge in [-0.25, -0.2) is 0 Å². The first kappa shape index (κ1) is 22.0. The summed E-state index contributed by atoms with van der Waals surface area (Å²) < 4.78 is 28.3. The third-order valence-corrected chi connectivity index (χ3v) is 4.71. The standard InChI is InChI=1S/C18H31NO8/c1-7-24-11(20)8-10(19-12(9(2)3)16(21)22)13-14(23-6)15-17(25-13)27-18(4,5)26-15/h9-10,12-15,17,19H,7-8H2,1-6H3,(H,21,22)/t10?,12-,13+,14-,15+,17+/m0/s1. The molecule has 2 N–H and O–H groups in total. The van der Waals surface area contributed by atoms with E-state index >= 15 is 0 Å². The zero-order chi connectivity index (χ0) is 20.4. The van der Waals surface area contributed by atoms with Crippen molar-refractivity contribution in [3.05, 3.63) is 0 Å². The molecule has 2 fully saturated rings. The van der Waals surface area contributed by atoms with Crippen molar-refractivity contribution in [2.24, 2.45) is 5.92 Å². The van der Waals surface area contributed by atoms with Crippen molar-refractivity contribution >= 4 is 11.9 Å². The van der Waals surface area contributed by atoms with Gasteiger partial charge in [-0.1, -0.05) is 13.8 Å². The predicted molar refractivity (Wildman–Crippen MR) is 93.9 cm³/mol. The Morgan fingerprint density at radius 1 is 1.26 bits per heavy atom. The van der Waals surface area contributed by atoms with Crippen molar-refractivity contribution in [2.45, 2.75) is 83.5 Å². The molecular weight excluding hydrogens is 358 g/mol. The summed E-state index contributed by atoms with van der Waals surface area (Å²) in [5, 5.41) is 12.6. The van der Waals surface area contributed by atoms with Crippen LogP contribution in [0.3, 0.4) is 0 Å². The molecule has 0 bridgehead atoms. The van der Waals surface area contributed by atoms with Crippen LogP contribution in [0.5, 0.6) is 0 Å². The first-order valence-corrected chi connectivity index (χ1v) is 9.28. The van der Waals surface area contributed by atoms with Gasteiger partial charge in [0.25, 0.3) is 0 Å². The molecule has 0 amide bonds. The van der Waals surface area contributed by atoms with E-state index in [1.54, 1.807) is 34.6 Å². The topological polar surface area (TPSA) is 113 Å². The van der Waals surface area contributed by atoms with Crippen molar-refractivity contribution in [1.82, 2.24) is 5.32 Å². The molecule has 156 valence electrons. The van der Waals surface area contributed by atoms with Crippen LogP contribution in [0.4, 0.5) is 0 Å². The van der Waals surface area contributed by atoms with Crippen molar-refractivity contribution in [3.8, 4) is 0 Å². The van der Waals surface area contributed by atoms with Crippen LogP contribution in [0.15, 0.2) is 0 Å². The van der Waals surface area contributed by atoms with E-state index in [2.05, 4.69) is 5.32 Å². The van der Waals surface area contributed by atoms with Gasteiger partial charge in [0, 0.05) is 13.2 Å². The zero-order valence-corrected chi connectivity index (χ0v) is 16.8. The highest BCUT2D eigenvalue weighted by molar-refractivity contribution is 5.74. The summed E-state index contributed by atoms with van der Waals surface area (Å²) in [6.07, 6.45) is -2.33. The lowest BCUT2D eigenvalue weighted by Gasteiger charge is -2.33. The number of carbonyl (C=O) groups excluding carboxylic acids is 1. The number of aliphatic carboxylic acids is 1. The lowest BCUT2D eigenvalue weighted by Crippen LogP contribution is -2.55. The van der Waals surface area contributed by atoms with Crippen molar-refractivity contribution < 1.29 is 38.4 Å². The average Bonchev–Trinajstić information content (AvgIpc) is 3.01. The molecule has 2 aliphatic heterocycles. The molecule has 27 heavy (non-hydrogen) atoms. The summed E-state index contributed by atoms with van der Waals surface area (Å²) in [5.74, 6) is -2.44. The predicted octanol–water partition coefficient (Wildman–Crippen LogP) is 0.898. The van der Waals surface area contributed by atoms with Crippen LogP contribution in [0.2, 0.25) is 0 Å². The average molecular weight is 389 g/mol. The van der Waals surface area contributed by atoms with E-state index < -0.39 is 54.4 Å². The number of methoxy groups -OCH3 is 1. The molecule has 0 aromatic carbocycles. The number of ether oxygens (including phenoxy) is 5. The molecule has 2 aliphatic rings.